The summed E-state index contributed by atoms with van der Waals surface area (Å²) in [7, 11) is -3.04. The maximum Gasteiger partial charge on any atom is 0.227 e. The molecule has 1 aliphatic heterocycles. The van der Waals surface area contributed by atoms with Crippen molar-refractivity contribution in [3.63, 3.8) is 0 Å². The third-order valence-electron chi connectivity index (χ3n) is 3.91. The van der Waals surface area contributed by atoms with Gasteiger partial charge in [0.2, 0.25) is 5.91 Å². The summed E-state index contributed by atoms with van der Waals surface area (Å²) in [5, 5.41) is 0. The number of benzene rings is 1. The minimum Gasteiger partial charge on any atom is -0.327 e. The van der Waals surface area contributed by atoms with Gasteiger partial charge in [-0.1, -0.05) is 47.9 Å². The van der Waals surface area contributed by atoms with Crippen molar-refractivity contribution in [2.45, 2.75) is 25.8 Å². The zero-order chi connectivity index (χ0) is 16.9. The molecule has 0 bridgehead atoms. The van der Waals surface area contributed by atoms with E-state index in [1.54, 1.807) is 6.08 Å². The Bertz CT molecular complexity index is 727. The van der Waals surface area contributed by atoms with Crippen molar-refractivity contribution >= 4 is 21.8 Å². The van der Waals surface area contributed by atoms with Crippen molar-refractivity contribution in [2.24, 2.45) is 0 Å². The molecule has 1 aliphatic rings. The van der Waals surface area contributed by atoms with E-state index in [1.165, 1.54) is 10.5 Å². The number of carbonyl (C=O) groups excluding carboxylic acids is 1. The molecule has 1 aromatic carbocycles. The van der Waals surface area contributed by atoms with Gasteiger partial charge in [0.25, 0.3) is 0 Å². The zero-order valence-electron chi connectivity index (χ0n) is 13.2. The van der Waals surface area contributed by atoms with Crippen LogP contribution in [0.2, 0.25) is 0 Å². The molecule has 2 rings (SSSR count). The number of nitrogens with zero attached hydrogens (tertiary/aromatic N) is 1. The Kier molecular flexibility index (Phi) is 5.62. The fourth-order valence-corrected chi connectivity index (χ4v) is 4.36. The summed E-state index contributed by atoms with van der Waals surface area (Å²) in [4.78, 5) is 13.9. The number of carbonyl (C=O) groups is 1. The number of aryl methyl sites for hydroxylation is 1. The number of hydrogen-bond acceptors (Lipinski definition) is 3. The standard InChI is InChI=1S/C18H21NO3S/c1-3-12-19(17-11-13-23(21,22)14-17)18(20)6-4-5-16-9-7-15(2)8-10-16/h1,4-5,7-10,17H,6,11-14H2,2H3/b5-4+/t17-/m0/s1. The predicted molar refractivity (Wildman–Crippen MR) is 92.4 cm³/mol. The van der Waals surface area contributed by atoms with E-state index in [-0.39, 0.29) is 36.4 Å². The molecule has 0 aromatic heterocycles. The molecule has 0 aliphatic carbocycles. The quantitative estimate of drug-likeness (QED) is 0.776. The molecule has 1 saturated heterocycles. The summed E-state index contributed by atoms with van der Waals surface area (Å²) in [5.74, 6) is 2.47. The molecule has 1 amide bonds. The van der Waals surface area contributed by atoms with Crippen LogP contribution < -0.4 is 0 Å². The molecule has 23 heavy (non-hydrogen) atoms. The number of terminal acetylenes is 1. The molecule has 1 fully saturated rings. The normalized spacial score (nSPS) is 19.6. The molecule has 0 radical (unpaired) electrons. The molecule has 0 saturated carbocycles. The summed E-state index contributed by atoms with van der Waals surface area (Å²) in [6.07, 6.45) is 9.69. The van der Waals surface area contributed by atoms with Crippen LogP contribution in [0.3, 0.4) is 0 Å². The van der Waals surface area contributed by atoms with Crippen molar-refractivity contribution < 1.29 is 13.2 Å². The minimum absolute atomic E-state index is 0.0160. The van der Waals surface area contributed by atoms with Gasteiger partial charge >= 0.3 is 0 Å². The van der Waals surface area contributed by atoms with Crippen LogP contribution in [-0.2, 0) is 14.6 Å². The van der Waals surface area contributed by atoms with E-state index in [2.05, 4.69) is 5.92 Å². The highest BCUT2D eigenvalue weighted by Crippen LogP contribution is 2.18. The third-order valence-corrected chi connectivity index (χ3v) is 5.66. The first-order chi connectivity index (χ1) is 10.9. The summed E-state index contributed by atoms with van der Waals surface area (Å²) in [6.45, 7) is 2.17. The van der Waals surface area contributed by atoms with Gasteiger partial charge in [-0.15, -0.1) is 6.42 Å². The fourth-order valence-electron chi connectivity index (χ4n) is 2.63. The fraction of sp³-hybridized carbons (Fsp3) is 0.389. The molecule has 5 heteroatoms. The summed E-state index contributed by atoms with van der Waals surface area (Å²) in [6, 6.07) is 7.69. The zero-order valence-corrected chi connectivity index (χ0v) is 14.1. The molecule has 1 heterocycles. The van der Waals surface area contributed by atoms with Crippen molar-refractivity contribution in [2.75, 3.05) is 18.1 Å². The summed E-state index contributed by atoms with van der Waals surface area (Å²) < 4.78 is 23.2. The highest BCUT2D eigenvalue weighted by molar-refractivity contribution is 7.91. The van der Waals surface area contributed by atoms with Crippen LogP contribution in [0.15, 0.2) is 30.3 Å². The van der Waals surface area contributed by atoms with Crippen molar-refractivity contribution in [1.82, 2.24) is 4.90 Å². The minimum atomic E-state index is -3.04. The Morgan fingerprint density at radius 2 is 2.09 bits per heavy atom. The lowest BCUT2D eigenvalue weighted by atomic mass is 10.1. The highest BCUT2D eigenvalue weighted by atomic mass is 32.2. The smallest absolute Gasteiger partial charge is 0.227 e. The summed E-state index contributed by atoms with van der Waals surface area (Å²) in [5.41, 5.74) is 2.20. The monoisotopic (exact) mass is 331 g/mol. The highest BCUT2D eigenvalue weighted by Gasteiger charge is 2.33. The molecule has 4 nitrogen and oxygen atoms in total. The van der Waals surface area contributed by atoms with Crippen molar-refractivity contribution in [1.29, 1.82) is 0 Å². The Labute approximate surface area is 138 Å². The Morgan fingerprint density at radius 1 is 1.39 bits per heavy atom. The maximum absolute atomic E-state index is 12.4. The van der Waals surface area contributed by atoms with E-state index in [9.17, 15) is 13.2 Å². The van der Waals surface area contributed by atoms with Gasteiger partial charge in [-0.05, 0) is 18.9 Å². The Hall–Kier alpha value is -2.06. The Balaban J connectivity index is 1.98. The van der Waals surface area contributed by atoms with Gasteiger partial charge in [-0.25, -0.2) is 8.42 Å². The van der Waals surface area contributed by atoms with Crippen LogP contribution in [0, 0.1) is 19.3 Å². The lowest BCUT2D eigenvalue weighted by Gasteiger charge is -2.25. The van der Waals surface area contributed by atoms with E-state index < -0.39 is 9.84 Å². The van der Waals surface area contributed by atoms with Crippen LogP contribution in [0.4, 0.5) is 0 Å². The van der Waals surface area contributed by atoms with Crippen LogP contribution in [-0.4, -0.2) is 43.3 Å². The van der Waals surface area contributed by atoms with E-state index in [0.29, 0.717) is 6.42 Å². The molecule has 0 N–H and O–H groups in total. The van der Waals surface area contributed by atoms with Gasteiger partial charge in [0, 0.05) is 12.5 Å². The molecule has 0 spiro atoms. The lowest BCUT2D eigenvalue weighted by Crippen LogP contribution is -2.41. The van der Waals surface area contributed by atoms with Gasteiger partial charge in [0.15, 0.2) is 9.84 Å². The molecule has 0 unspecified atom stereocenters. The van der Waals surface area contributed by atoms with Crippen molar-refractivity contribution in [3.05, 3.63) is 41.5 Å². The maximum atomic E-state index is 12.4. The van der Waals surface area contributed by atoms with Crippen LogP contribution in [0.25, 0.3) is 6.08 Å². The van der Waals surface area contributed by atoms with Crippen LogP contribution in [0.1, 0.15) is 24.0 Å². The number of sulfone groups is 1. The topological polar surface area (TPSA) is 54.5 Å². The second-order valence-corrected chi connectivity index (χ2v) is 8.03. The third kappa shape index (κ3) is 4.97. The van der Waals surface area contributed by atoms with E-state index >= 15 is 0 Å². The number of amides is 1. The van der Waals surface area contributed by atoms with Gasteiger partial charge in [0.1, 0.15) is 0 Å². The van der Waals surface area contributed by atoms with Crippen LogP contribution in [0.5, 0.6) is 0 Å². The molecule has 1 aromatic rings. The molecule has 1 atom stereocenters. The molecule has 122 valence electrons. The van der Waals surface area contributed by atoms with Crippen LogP contribution >= 0.6 is 0 Å². The SMILES string of the molecule is C#CCN(C(=O)C/C=C/c1ccc(C)cc1)[C@H]1CCS(=O)(=O)C1. The average molecular weight is 331 g/mol. The van der Waals surface area contributed by atoms with Crippen molar-refractivity contribution in [3.8, 4) is 12.3 Å². The van der Waals surface area contributed by atoms with E-state index in [0.717, 1.165) is 5.56 Å². The average Bonchev–Trinajstić information content (AvgIpc) is 2.86. The first-order valence-electron chi connectivity index (χ1n) is 7.58. The van der Waals surface area contributed by atoms with E-state index in [4.69, 9.17) is 6.42 Å². The largest absolute Gasteiger partial charge is 0.327 e. The van der Waals surface area contributed by atoms with Gasteiger partial charge < -0.3 is 4.90 Å². The Morgan fingerprint density at radius 3 is 2.65 bits per heavy atom. The van der Waals surface area contributed by atoms with Gasteiger partial charge in [-0.2, -0.15) is 0 Å². The second kappa shape index (κ2) is 7.47. The molecular weight excluding hydrogens is 310 g/mol. The number of hydrogen-bond donors (Lipinski definition) is 0. The summed E-state index contributed by atoms with van der Waals surface area (Å²) >= 11 is 0. The van der Waals surface area contributed by atoms with Gasteiger partial charge in [-0.3, -0.25) is 4.79 Å². The first-order valence-corrected chi connectivity index (χ1v) is 9.40. The van der Waals surface area contributed by atoms with Gasteiger partial charge in [0.05, 0.1) is 18.1 Å². The lowest BCUT2D eigenvalue weighted by molar-refractivity contribution is -0.131. The van der Waals surface area contributed by atoms with E-state index in [1.807, 2.05) is 37.3 Å². The number of rotatable bonds is 5. The first kappa shape index (κ1) is 17.3. The molecular formula is C18H21NO3S. The predicted octanol–water partition coefficient (Wildman–Crippen LogP) is 2.05. The second-order valence-electron chi connectivity index (χ2n) is 5.80.